The van der Waals surface area contributed by atoms with Crippen LogP contribution in [0.2, 0.25) is 0 Å². The standard InChI is InChI=1S/C9H17NO3/c1-6(5-11)10-9(13)7-2-3-8(12)4-7/h6-8,11-12H,2-5H2,1H3,(H,10,13)/t6-,7+,8+/m0/s1. The summed E-state index contributed by atoms with van der Waals surface area (Å²) in [6, 6.07) is -0.190. The van der Waals surface area contributed by atoms with E-state index in [1.165, 1.54) is 0 Å². The van der Waals surface area contributed by atoms with Gasteiger partial charge in [-0.1, -0.05) is 0 Å². The molecule has 4 nitrogen and oxygen atoms in total. The lowest BCUT2D eigenvalue weighted by Gasteiger charge is -2.14. The summed E-state index contributed by atoms with van der Waals surface area (Å²) >= 11 is 0. The van der Waals surface area contributed by atoms with Gasteiger partial charge < -0.3 is 15.5 Å². The molecule has 1 aliphatic carbocycles. The minimum absolute atomic E-state index is 0.0407. The van der Waals surface area contributed by atoms with Crippen LogP contribution in [0.1, 0.15) is 26.2 Å². The Morgan fingerprint density at radius 3 is 2.77 bits per heavy atom. The molecular formula is C9H17NO3. The van der Waals surface area contributed by atoms with Crippen molar-refractivity contribution in [3.63, 3.8) is 0 Å². The number of hydrogen-bond acceptors (Lipinski definition) is 3. The van der Waals surface area contributed by atoms with E-state index >= 15 is 0 Å². The lowest BCUT2D eigenvalue weighted by Crippen LogP contribution is -2.38. The average Bonchev–Trinajstić information content (AvgIpc) is 2.51. The highest BCUT2D eigenvalue weighted by atomic mass is 16.3. The molecule has 0 unspecified atom stereocenters. The predicted octanol–water partition coefficient (Wildman–Crippen LogP) is -0.356. The van der Waals surface area contributed by atoms with Gasteiger partial charge in [-0.3, -0.25) is 4.79 Å². The molecule has 3 N–H and O–H groups in total. The molecule has 0 aliphatic heterocycles. The molecule has 0 aromatic heterocycles. The second-order valence-corrected chi connectivity index (χ2v) is 3.76. The van der Waals surface area contributed by atoms with Crippen molar-refractivity contribution in [1.29, 1.82) is 0 Å². The van der Waals surface area contributed by atoms with Gasteiger partial charge in [-0.25, -0.2) is 0 Å². The van der Waals surface area contributed by atoms with E-state index in [-0.39, 0.29) is 30.6 Å². The van der Waals surface area contributed by atoms with Crippen LogP contribution in [0.15, 0.2) is 0 Å². The molecule has 0 saturated heterocycles. The van der Waals surface area contributed by atoms with Gasteiger partial charge in [0.2, 0.25) is 5.91 Å². The van der Waals surface area contributed by atoms with E-state index in [9.17, 15) is 9.90 Å². The van der Waals surface area contributed by atoms with Crippen LogP contribution < -0.4 is 5.32 Å². The van der Waals surface area contributed by atoms with Crippen molar-refractivity contribution in [1.82, 2.24) is 5.32 Å². The average molecular weight is 187 g/mol. The molecule has 0 spiro atoms. The first-order chi connectivity index (χ1) is 6.13. The summed E-state index contributed by atoms with van der Waals surface area (Å²) in [5.74, 6) is -0.109. The van der Waals surface area contributed by atoms with Gasteiger partial charge in [-0.15, -0.1) is 0 Å². The van der Waals surface area contributed by atoms with Crippen LogP contribution in [-0.4, -0.2) is 34.9 Å². The second kappa shape index (κ2) is 4.58. The van der Waals surface area contributed by atoms with Gasteiger partial charge in [0.25, 0.3) is 0 Å². The number of nitrogens with one attached hydrogen (secondary N) is 1. The molecule has 4 heteroatoms. The molecule has 1 fully saturated rings. The van der Waals surface area contributed by atoms with Crippen molar-refractivity contribution in [2.45, 2.75) is 38.3 Å². The summed E-state index contributed by atoms with van der Waals surface area (Å²) in [4.78, 5) is 11.4. The van der Waals surface area contributed by atoms with Gasteiger partial charge in [0.05, 0.1) is 12.7 Å². The lowest BCUT2D eigenvalue weighted by atomic mass is 10.1. The molecule has 1 aliphatic rings. The number of rotatable bonds is 3. The zero-order valence-electron chi connectivity index (χ0n) is 7.86. The third-order valence-corrected chi connectivity index (χ3v) is 2.44. The van der Waals surface area contributed by atoms with Gasteiger partial charge >= 0.3 is 0 Å². The summed E-state index contributed by atoms with van der Waals surface area (Å²) < 4.78 is 0. The quantitative estimate of drug-likeness (QED) is 0.565. The van der Waals surface area contributed by atoms with Crippen molar-refractivity contribution >= 4 is 5.91 Å². The number of amides is 1. The Morgan fingerprint density at radius 1 is 1.62 bits per heavy atom. The maximum absolute atomic E-state index is 11.4. The molecule has 0 radical (unpaired) electrons. The molecule has 3 atom stereocenters. The monoisotopic (exact) mass is 187 g/mol. The molecular weight excluding hydrogens is 170 g/mol. The van der Waals surface area contributed by atoms with Crippen LogP contribution in [0.3, 0.4) is 0 Å². The Balaban J connectivity index is 2.31. The van der Waals surface area contributed by atoms with Crippen LogP contribution >= 0.6 is 0 Å². The van der Waals surface area contributed by atoms with Crippen LogP contribution in [0.4, 0.5) is 0 Å². The molecule has 76 valence electrons. The number of aliphatic hydroxyl groups excluding tert-OH is 2. The third-order valence-electron chi connectivity index (χ3n) is 2.44. The Hall–Kier alpha value is -0.610. The number of hydrogen-bond donors (Lipinski definition) is 3. The van der Waals surface area contributed by atoms with E-state index in [1.54, 1.807) is 6.92 Å². The van der Waals surface area contributed by atoms with Crippen LogP contribution in [0.25, 0.3) is 0 Å². The predicted molar refractivity (Wildman–Crippen MR) is 48.0 cm³/mol. The minimum Gasteiger partial charge on any atom is -0.394 e. The van der Waals surface area contributed by atoms with Crippen molar-refractivity contribution in [3.8, 4) is 0 Å². The van der Waals surface area contributed by atoms with E-state index in [4.69, 9.17) is 5.11 Å². The SMILES string of the molecule is C[C@@H](CO)NC(=O)[C@@H]1CC[C@@H](O)C1. The highest BCUT2D eigenvalue weighted by Crippen LogP contribution is 2.25. The Morgan fingerprint density at radius 2 is 2.31 bits per heavy atom. The van der Waals surface area contributed by atoms with Gasteiger partial charge in [-0.2, -0.15) is 0 Å². The maximum Gasteiger partial charge on any atom is 0.223 e. The first kappa shape index (κ1) is 10.5. The summed E-state index contributed by atoms with van der Waals surface area (Å²) in [5.41, 5.74) is 0. The largest absolute Gasteiger partial charge is 0.394 e. The highest BCUT2D eigenvalue weighted by molar-refractivity contribution is 5.79. The highest BCUT2D eigenvalue weighted by Gasteiger charge is 2.28. The van der Waals surface area contributed by atoms with Crippen LogP contribution in [0, 0.1) is 5.92 Å². The van der Waals surface area contributed by atoms with E-state index in [2.05, 4.69) is 5.32 Å². The van der Waals surface area contributed by atoms with Crippen LogP contribution in [-0.2, 0) is 4.79 Å². The van der Waals surface area contributed by atoms with E-state index in [1.807, 2.05) is 0 Å². The molecule has 1 rings (SSSR count). The Bertz CT molecular complexity index is 184. The zero-order valence-corrected chi connectivity index (χ0v) is 7.86. The third kappa shape index (κ3) is 2.97. The van der Waals surface area contributed by atoms with Gasteiger partial charge in [-0.05, 0) is 26.2 Å². The zero-order chi connectivity index (χ0) is 9.84. The Labute approximate surface area is 78.0 Å². The molecule has 0 heterocycles. The van der Waals surface area contributed by atoms with Crippen molar-refractivity contribution in [3.05, 3.63) is 0 Å². The normalized spacial score (nSPS) is 30.1. The lowest BCUT2D eigenvalue weighted by molar-refractivity contribution is -0.125. The number of carbonyl (C=O) groups excluding carboxylic acids is 1. The molecule has 13 heavy (non-hydrogen) atoms. The first-order valence-electron chi connectivity index (χ1n) is 4.72. The number of carbonyl (C=O) groups is 1. The molecule has 0 bridgehead atoms. The van der Waals surface area contributed by atoms with Gasteiger partial charge in [0.1, 0.15) is 0 Å². The van der Waals surface area contributed by atoms with E-state index in [0.29, 0.717) is 12.8 Å². The van der Waals surface area contributed by atoms with Gasteiger partial charge in [0.15, 0.2) is 0 Å². The summed E-state index contributed by atoms with van der Waals surface area (Å²) in [5, 5.41) is 20.6. The van der Waals surface area contributed by atoms with Crippen molar-refractivity contribution in [2.24, 2.45) is 5.92 Å². The topological polar surface area (TPSA) is 69.6 Å². The smallest absolute Gasteiger partial charge is 0.223 e. The fourth-order valence-electron chi connectivity index (χ4n) is 1.60. The Kier molecular flexibility index (Phi) is 3.69. The van der Waals surface area contributed by atoms with Gasteiger partial charge in [0, 0.05) is 12.0 Å². The van der Waals surface area contributed by atoms with Crippen LogP contribution in [0.5, 0.6) is 0 Å². The molecule has 1 amide bonds. The maximum atomic E-state index is 11.4. The van der Waals surface area contributed by atoms with Crippen molar-refractivity contribution < 1.29 is 15.0 Å². The molecule has 1 saturated carbocycles. The van der Waals surface area contributed by atoms with E-state index < -0.39 is 0 Å². The molecule has 0 aromatic carbocycles. The molecule has 0 aromatic rings. The second-order valence-electron chi connectivity index (χ2n) is 3.76. The number of aliphatic hydroxyl groups is 2. The summed E-state index contributed by atoms with van der Waals surface area (Å²) in [7, 11) is 0. The minimum atomic E-state index is -0.319. The summed E-state index contributed by atoms with van der Waals surface area (Å²) in [6.07, 6.45) is 1.71. The fourth-order valence-corrected chi connectivity index (χ4v) is 1.60. The van der Waals surface area contributed by atoms with E-state index in [0.717, 1.165) is 6.42 Å². The van der Waals surface area contributed by atoms with Crippen molar-refractivity contribution in [2.75, 3.05) is 6.61 Å². The summed E-state index contributed by atoms with van der Waals surface area (Å²) in [6.45, 7) is 1.71. The fraction of sp³-hybridized carbons (Fsp3) is 0.889. The first-order valence-corrected chi connectivity index (χ1v) is 4.72.